The standard InChI is InChI=1S/C5H7NO2S/c7-3-1-4-6(3)2-5(8)9-4/h4H,1-2,9H2/t4-/m1/s1. The van der Waals surface area contributed by atoms with Gasteiger partial charge in [0.05, 0.1) is 18.3 Å². The number of hydrogen-bond acceptors (Lipinski definition) is 2. The molecule has 0 aromatic carbocycles. The molecule has 2 fully saturated rings. The van der Waals surface area contributed by atoms with E-state index in [2.05, 4.69) is 0 Å². The molecule has 2 aliphatic rings. The number of amides is 1. The van der Waals surface area contributed by atoms with E-state index in [0.29, 0.717) is 30.1 Å². The molecule has 50 valence electrons. The fourth-order valence-corrected chi connectivity index (χ4v) is 2.47. The van der Waals surface area contributed by atoms with Crippen molar-refractivity contribution in [3.8, 4) is 0 Å². The summed E-state index contributed by atoms with van der Waals surface area (Å²) in [6.07, 6.45) is 0.615. The molecule has 0 aromatic heterocycles. The molecule has 0 bridgehead atoms. The van der Waals surface area contributed by atoms with E-state index in [9.17, 15) is 9.59 Å². The van der Waals surface area contributed by atoms with Gasteiger partial charge in [0.25, 0.3) is 0 Å². The van der Waals surface area contributed by atoms with E-state index >= 15 is 0 Å². The molecule has 0 saturated carbocycles. The van der Waals surface area contributed by atoms with E-state index in [1.807, 2.05) is 0 Å². The number of carbonyl (C=O) groups is 2. The summed E-state index contributed by atoms with van der Waals surface area (Å²) in [6, 6.07) is 0. The van der Waals surface area contributed by atoms with Crippen LogP contribution >= 0.6 is 11.8 Å². The summed E-state index contributed by atoms with van der Waals surface area (Å²) in [5.74, 6) is 0.151. The molecule has 3 nitrogen and oxygen atoms in total. The van der Waals surface area contributed by atoms with Crippen molar-refractivity contribution < 1.29 is 9.59 Å². The Morgan fingerprint density at radius 3 is 2.78 bits per heavy atom. The van der Waals surface area contributed by atoms with E-state index in [4.69, 9.17) is 0 Å². The lowest BCUT2D eigenvalue weighted by molar-refractivity contribution is -0.141. The van der Waals surface area contributed by atoms with Crippen molar-refractivity contribution in [1.82, 2.24) is 4.90 Å². The molecule has 2 rings (SSSR count). The van der Waals surface area contributed by atoms with Gasteiger partial charge in [-0.25, -0.2) is 0 Å². The maximum atomic E-state index is 10.7. The number of carbonyl (C=O) groups excluding carboxylic acids is 2. The quantitative estimate of drug-likeness (QED) is 0.422. The number of rotatable bonds is 0. The zero-order valence-corrected chi connectivity index (χ0v) is 5.76. The van der Waals surface area contributed by atoms with Gasteiger partial charge in [-0.2, -0.15) is 11.8 Å². The minimum Gasteiger partial charge on any atom is -0.323 e. The van der Waals surface area contributed by atoms with Gasteiger partial charge in [-0.05, 0) is 0 Å². The van der Waals surface area contributed by atoms with Gasteiger partial charge in [0.1, 0.15) is 0 Å². The molecule has 1 amide bonds. The molecule has 0 aliphatic carbocycles. The smallest absolute Gasteiger partial charge is 0.226 e. The lowest BCUT2D eigenvalue weighted by Gasteiger charge is -2.32. The zero-order valence-electron chi connectivity index (χ0n) is 4.76. The van der Waals surface area contributed by atoms with Gasteiger partial charge in [-0.15, -0.1) is 0 Å². The molecule has 2 aliphatic heterocycles. The van der Waals surface area contributed by atoms with Gasteiger partial charge in [0.2, 0.25) is 5.91 Å². The van der Waals surface area contributed by atoms with E-state index in [1.165, 1.54) is 0 Å². The third-order valence-corrected chi connectivity index (χ3v) is 3.04. The molecule has 4 heteroatoms. The summed E-state index contributed by atoms with van der Waals surface area (Å²) in [7, 11) is 0. The van der Waals surface area contributed by atoms with Crippen LogP contribution in [0.2, 0.25) is 0 Å². The molecule has 9 heavy (non-hydrogen) atoms. The van der Waals surface area contributed by atoms with Crippen LogP contribution in [-0.2, 0) is 9.59 Å². The lowest BCUT2D eigenvalue weighted by atomic mass is 10.2. The highest BCUT2D eigenvalue weighted by Crippen LogP contribution is 2.35. The Balaban J connectivity index is 2.16. The van der Waals surface area contributed by atoms with Crippen molar-refractivity contribution in [2.75, 3.05) is 6.54 Å². The van der Waals surface area contributed by atoms with Gasteiger partial charge in [-0.3, -0.25) is 9.59 Å². The number of hydrogen-bond donors (Lipinski definition) is 0. The fraction of sp³-hybridized carbons (Fsp3) is 0.600. The maximum absolute atomic E-state index is 10.7. The highest BCUT2D eigenvalue weighted by molar-refractivity contribution is 8.14. The van der Waals surface area contributed by atoms with E-state index < -0.39 is 0 Å². The van der Waals surface area contributed by atoms with Crippen LogP contribution < -0.4 is 0 Å². The predicted molar refractivity (Wildman–Crippen MR) is 35.5 cm³/mol. The molecular formula is C5H7NO2S. The molecule has 0 N–H and O–H groups in total. The third kappa shape index (κ3) is 0.594. The maximum Gasteiger partial charge on any atom is 0.226 e. The van der Waals surface area contributed by atoms with E-state index in [0.717, 1.165) is 0 Å². The second-order valence-corrected chi connectivity index (χ2v) is 3.82. The Hall–Kier alpha value is -0.510. The number of fused-ring (bicyclic) bond motifs is 1. The molecule has 0 spiro atoms. The second kappa shape index (κ2) is 1.50. The largest absolute Gasteiger partial charge is 0.323 e. The Morgan fingerprint density at radius 1 is 1.56 bits per heavy atom. The molecule has 2 heterocycles. The highest BCUT2D eigenvalue weighted by Gasteiger charge is 2.42. The average Bonchev–Trinajstić information content (AvgIpc) is 2.08. The van der Waals surface area contributed by atoms with Crippen LogP contribution in [0.25, 0.3) is 0 Å². The van der Waals surface area contributed by atoms with Gasteiger partial charge in [0.15, 0.2) is 5.12 Å². The lowest BCUT2D eigenvalue weighted by Crippen LogP contribution is -2.47. The van der Waals surface area contributed by atoms with Crippen molar-refractivity contribution in [1.29, 1.82) is 0 Å². The summed E-state index contributed by atoms with van der Waals surface area (Å²) in [6.45, 7) is 0.391. The van der Waals surface area contributed by atoms with Gasteiger partial charge in [0, 0.05) is 0 Å². The van der Waals surface area contributed by atoms with Gasteiger partial charge < -0.3 is 4.90 Å². The predicted octanol–water partition coefficient (Wildman–Crippen LogP) is -0.717. The zero-order chi connectivity index (χ0) is 6.43. The first-order chi connectivity index (χ1) is 4.27. The molecule has 0 unspecified atom stereocenters. The van der Waals surface area contributed by atoms with Crippen LogP contribution in [0.4, 0.5) is 0 Å². The number of β-lactam (4-membered cyclic amide) rings is 1. The van der Waals surface area contributed by atoms with Gasteiger partial charge >= 0.3 is 0 Å². The van der Waals surface area contributed by atoms with Crippen molar-refractivity contribution in [3.63, 3.8) is 0 Å². The third-order valence-electron chi connectivity index (χ3n) is 1.71. The Kier molecular flexibility index (Phi) is 0.883. The normalized spacial score (nSPS) is 36.9. The first-order valence-corrected chi connectivity index (χ1v) is 3.94. The first kappa shape index (κ1) is 5.29. The van der Waals surface area contributed by atoms with Crippen LogP contribution in [0.5, 0.6) is 0 Å². The Bertz CT molecular complexity index is 189. The summed E-state index contributed by atoms with van der Waals surface area (Å²) in [5.41, 5.74) is 0. The first-order valence-electron chi connectivity index (χ1n) is 2.86. The van der Waals surface area contributed by atoms with Crippen LogP contribution in [0.1, 0.15) is 6.42 Å². The minimum atomic E-state index is 0.151. The minimum absolute atomic E-state index is 0.151. The van der Waals surface area contributed by atoms with Crippen molar-refractivity contribution in [2.45, 2.75) is 11.8 Å². The average molecular weight is 145 g/mol. The topological polar surface area (TPSA) is 37.4 Å². The van der Waals surface area contributed by atoms with Crippen LogP contribution in [-0.4, -0.2) is 27.8 Å². The monoisotopic (exact) mass is 145 g/mol. The Morgan fingerprint density at radius 2 is 2.33 bits per heavy atom. The van der Waals surface area contributed by atoms with Crippen LogP contribution in [0.15, 0.2) is 0 Å². The fourth-order valence-electron chi connectivity index (χ4n) is 1.17. The van der Waals surface area contributed by atoms with Crippen molar-refractivity contribution in [2.24, 2.45) is 0 Å². The van der Waals surface area contributed by atoms with Crippen LogP contribution in [0.3, 0.4) is 0 Å². The van der Waals surface area contributed by atoms with Gasteiger partial charge in [-0.1, -0.05) is 0 Å². The summed E-state index contributed by atoms with van der Waals surface area (Å²) < 4.78 is 0. The Labute approximate surface area is 56.4 Å². The number of nitrogens with zero attached hydrogens (tertiary/aromatic N) is 1. The van der Waals surface area contributed by atoms with Crippen molar-refractivity contribution >= 4 is 22.8 Å². The molecule has 2 saturated heterocycles. The second-order valence-electron chi connectivity index (χ2n) is 2.31. The molecule has 0 aromatic rings. The highest BCUT2D eigenvalue weighted by atomic mass is 32.2. The van der Waals surface area contributed by atoms with Crippen LogP contribution in [0, 0.1) is 0 Å². The van der Waals surface area contributed by atoms with E-state index in [1.54, 1.807) is 4.90 Å². The molecular weight excluding hydrogens is 138 g/mol. The molecule has 1 atom stereocenters. The summed E-state index contributed by atoms with van der Waals surface area (Å²) in [5, 5.41) is 0.552. The summed E-state index contributed by atoms with van der Waals surface area (Å²) >= 11 is 0.375. The van der Waals surface area contributed by atoms with E-state index in [-0.39, 0.29) is 11.0 Å². The molecule has 0 radical (unpaired) electrons. The SMILES string of the molecule is O=C1CN2C(=O)C[C@H]2[SH2]1. The van der Waals surface area contributed by atoms with Crippen molar-refractivity contribution in [3.05, 3.63) is 0 Å². The summed E-state index contributed by atoms with van der Waals surface area (Å²) in [4.78, 5) is 23.0.